The highest BCUT2D eigenvalue weighted by Gasteiger charge is 2.42. The maximum atomic E-state index is 2.59. The highest BCUT2D eigenvalue weighted by molar-refractivity contribution is 6.09. The van der Waals surface area contributed by atoms with E-state index in [1.165, 1.54) is 88.8 Å². The fourth-order valence-electron chi connectivity index (χ4n) is 10.3. The molecule has 56 heavy (non-hydrogen) atoms. The lowest BCUT2D eigenvalue weighted by Gasteiger charge is -2.36. The lowest BCUT2D eigenvalue weighted by molar-refractivity contribution is 0.656. The molecule has 268 valence electrons. The Morgan fingerprint density at radius 1 is 0.357 bits per heavy atom. The minimum absolute atomic E-state index is 0.198. The minimum atomic E-state index is -0.198. The molecule has 1 heterocycles. The van der Waals surface area contributed by atoms with E-state index in [1.807, 2.05) is 0 Å². The second kappa shape index (κ2) is 11.9. The average molecular weight is 719 g/mol. The van der Waals surface area contributed by atoms with Crippen LogP contribution in [0.5, 0.6) is 0 Å². The first-order valence-electron chi connectivity index (χ1n) is 19.8. The summed E-state index contributed by atoms with van der Waals surface area (Å²) < 4.78 is 2.40. The molecule has 1 aromatic heterocycles. The van der Waals surface area contributed by atoms with Gasteiger partial charge in [0.1, 0.15) is 0 Å². The first-order chi connectivity index (χ1) is 27.3. The third kappa shape index (κ3) is 4.50. The molecule has 8 aromatic carbocycles. The number of rotatable bonds is 5. The maximum absolute atomic E-state index is 2.59. The fourth-order valence-corrected chi connectivity index (χ4v) is 10.3. The Kier molecular flexibility index (Phi) is 6.98. The van der Waals surface area contributed by atoms with Crippen LogP contribution in [0.1, 0.15) is 49.9 Å². The Morgan fingerprint density at radius 2 is 0.768 bits per heavy atom. The topological polar surface area (TPSA) is 8.17 Å². The summed E-state index contributed by atoms with van der Waals surface area (Å²) in [6, 6.07) is 67.4. The number of anilines is 3. The van der Waals surface area contributed by atoms with E-state index >= 15 is 0 Å². The largest absolute Gasteiger partial charge is 0.309 e. The highest BCUT2D eigenvalue weighted by Crippen LogP contribution is 2.58. The Labute approximate surface area is 328 Å². The van der Waals surface area contributed by atoms with Gasteiger partial charge in [0.05, 0.1) is 28.1 Å². The molecule has 0 bridgehead atoms. The molecule has 0 N–H and O–H groups in total. The molecule has 0 spiro atoms. The van der Waals surface area contributed by atoms with Crippen LogP contribution in [0.2, 0.25) is 0 Å². The first kappa shape index (κ1) is 32.8. The minimum Gasteiger partial charge on any atom is -0.309 e. The Balaban J connectivity index is 1.14. The summed E-state index contributed by atoms with van der Waals surface area (Å²) in [6.45, 7) is 9.59. The molecule has 2 aliphatic rings. The van der Waals surface area contributed by atoms with Gasteiger partial charge in [0.25, 0.3) is 0 Å². The molecule has 2 heteroatoms. The van der Waals surface area contributed by atoms with Crippen LogP contribution >= 0.6 is 0 Å². The van der Waals surface area contributed by atoms with Gasteiger partial charge >= 0.3 is 0 Å². The van der Waals surface area contributed by atoms with E-state index in [4.69, 9.17) is 0 Å². The number of hydrogen-bond donors (Lipinski definition) is 0. The van der Waals surface area contributed by atoms with Crippen LogP contribution in [-0.2, 0) is 10.8 Å². The molecule has 0 unspecified atom stereocenters. The van der Waals surface area contributed by atoms with Gasteiger partial charge in [0, 0.05) is 32.9 Å². The van der Waals surface area contributed by atoms with Crippen LogP contribution in [0.25, 0.3) is 60.9 Å². The molecule has 0 atom stereocenters. The van der Waals surface area contributed by atoms with Crippen LogP contribution < -0.4 is 4.90 Å². The van der Waals surface area contributed by atoms with Gasteiger partial charge in [0.15, 0.2) is 0 Å². The molecular weight excluding hydrogens is 677 g/mol. The summed E-state index contributed by atoms with van der Waals surface area (Å²) in [7, 11) is 0. The summed E-state index contributed by atoms with van der Waals surface area (Å²) in [5, 5.41) is 2.54. The molecule has 0 saturated heterocycles. The number of aromatic nitrogens is 1. The summed E-state index contributed by atoms with van der Waals surface area (Å²) >= 11 is 0. The monoisotopic (exact) mass is 718 g/mol. The number of hydrogen-bond acceptors (Lipinski definition) is 1. The second-order valence-electron chi connectivity index (χ2n) is 16.5. The van der Waals surface area contributed by atoms with Crippen molar-refractivity contribution in [3.63, 3.8) is 0 Å². The Bertz CT molecular complexity index is 2870. The molecule has 0 fully saturated rings. The molecule has 2 aliphatic carbocycles. The highest BCUT2D eigenvalue weighted by atomic mass is 15.2. The summed E-state index contributed by atoms with van der Waals surface area (Å²) in [4.78, 5) is 2.59. The van der Waals surface area contributed by atoms with Gasteiger partial charge in [0.2, 0.25) is 0 Å². The standard InChI is InChI=1S/C54H42N2/c1-53(2)44-24-10-5-18-38(44)42-22-15-29-49(51(42)53)56(50-30-16-23-43-39-19-6-11-25-45(39)54(3,4)52(43)50)46-26-12-7-17-37(46)35-31-33-36(34-32-35)55-47-27-13-8-20-40(47)41-21-9-14-28-48(41)55/h5-34H,1-4H3. The molecule has 0 amide bonds. The van der Waals surface area contributed by atoms with Gasteiger partial charge in [-0.05, 0) is 92.5 Å². The Hall–Kier alpha value is -6.64. The lowest BCUT2D eigenvalue weighted by Crippen LogP contribution is -2.24. The van der Waals surface area contributed by atoms with Crippen molar-refractivity contribution >= 4 is 38.9 Å². The van der Waals surface area contributed by atoms with E-state index in [9.17, 15) is 0 Å². The summed E-state index contributed by atoms with van der Waals surface area (Å²) in [6.07, 6.45) is 0. The van der Waals surface area contributed by atoms with Crippen molar-refractivity contribution in [2.45, 2.75) is 38.5 Å². The molecule has 9 aromatic rings. The van der Waals surface area contributed by atoms with Crippen LogP contribution in [-0.4, -0.2) is 4.57 Å². The van der Waals surface area contributed by atoms with Crippen molar-refractivity contribution < 1.29 is 0 Å². The quantitative estimate of drug-likeness (QED) is 0.172. The van der Waals surface area contributed by atoms with E-state index in [2.05, 4.69) is 219 Å². The fraction of sp³-hybridized carbons (Fsp3) is 0.111. The van der Waals surface area contributed by atoms with Gasteiger partial charge in [-0.25, -0.2) is 0 Å². The zero-order valence-electron chi connectivity index (χ0n) is 32.2. The average Bonchev–Trinajstić information content (AvgIpc) is 3.79. The van der Waals surface area contributed by atoms with E-state index in [0.717, 1.165) is 11.4 Å². The normalized spacial score (nSPS) is 14.4. The van der Waals surface area contributed by atoms with Gasteiger partial charge in [-0.1, -0.05) is 167 Å². The van der Waals surface area contributed by atoms with Crippen LogP contribution in [0.3, 0.4) is 0 Å². The third-order valence-electron chi connectivity index (χ3n) is 12.8. The predicted octanol–water partition coefficient (Wildman–Crippen LogP) is 14.5. The summed E-state index contributed by atoms with van der Waals surface area (Å²) in [5.41, 5.74) is 19.9. The lowest BCUT2D eigenvalue weighted by atomic mass is 9.79. The van der Waals surface area contributed by atoms with Gasteiger partial charge in [-0.2, -0.15) is 0 Å². The van der Waals surface area contributed by atoms with E-state index in [1.54, 1.807) is 0 Å². The maximum Gasteiger partial charge on any atom is 0.0541 e. The first-order valence-corrected chi connectivity index (χ1v) is 19.8. The van der Waals surface area contributed by atoms with Gasteiger partial charge in [-0.3, -0.25) is 0 Å². The zero-order chi connectivity index (χ0) is 37.8. The van der Waals surface area contributed by atoms with Crippen LogP contribution in [0.4, 0.5) is 17.1 Å². The van der Waals surface area contributed by atoms with E-state index < -0.39 is 0 Å². The molecule has 11 rings (SSSR count). The third-order valence-corrected chi connectivity index (χ3v) is 12.8. The smallest absolute Gasteiger partial charge is 0.0541 e. The van der Waals surface area contributed by atoms with Crippen molar-refractivity contribution in [1.82, 2.24) is 4.57 Å². The SMILES string of the molecule is CC1(C)c2ccccc2-c2cccc(N(c3ccccc3-c3ccc(-n4c5ccccc5c5ccccc54)cc3)c3cccc4c3C(C)(C)c3ccccc3-4)c21. The van der Waals surface area contributed by atoms with Gasteiger partial charge < -0.3 is 9.47 Å². The van der Waals surface area contributed by atoms with Crippen molar-refractivity contribution in [3.8, 4) is 39.1 Å². The zero-order valence-corrected chi connectivity index (χ0v) is 32.2. The number of fused-ring (bicyclic) bond motifs is 9. The van der Waals surface area contributed by atoms with Gasteiger partial charge in [-0.15, -0.1) is 0 Å². The number of para-hydroxylation sites is 3. The van der Waals surface area contributed by atoms with Crippen molar-refractivity contribution in [2.75, 3.05) is 4.90 Å². The van der Waals surface area contributed by atoms with Crippen molar-refractivity contribution in [3.05, 3.63) is 204 Å². The van der Waals surface area contributed by atoms with Crippen LogP contribution in [0.15, 0.2) is 182 Å². The molecular formula is C54H42N2. The van der Waals surface area contributed by atoms with Crippen molar-refractivity contribution in [2.24, 2.45) is 0 Å². The van der Waals surface area contributed by atoms with E-state index in [0.29, 0.717) is 0 Å². The van der Waals surface area contributed by atoms with E-state index in [-0.39, 0.29) is 10.8 Å². The Morgan fingerprint density at radius 3 is 1.30 bits per heavy atom. The molecule has 0 radical (unpaired) electrons. The molecule has 0 saturated carbocycles. The predicted molar refractivity (Wildman–Crippen MR) is 236 cm³/mol. The van der Waals surface area contributed by atoms with Crippen LogP contribution in [0, 0.1) is 0 Å². The molecule has 0 aliphatic heterocycles. The van der Waals surface area contributed by atoms with Crippen molar-refractivity contribution in [1.29, 1.82) is 0 Å². The summed E-state index contributed by atoms with van der Waals surface area (Å²) in [5.74, 6) is 0. The number of nitrogens with zero attached hydrogens (tertiary/aromatic N) is 2. The molecule has 2 nitrogen and oxygen atoms in total. The second-order valence-corrected chi connectivity index (χ2v) is 16.5. The number of benzene rings is 8.